The zero-order valence-corrected chi connectivity index (χ0v) is 12.6. The molecule has 0 saturated carbocycles. The number of anilines is 1. The number of nitrogens with zero attached hydrogens (tertiary/aromatic N) is 2. The van der Waals surface area contributed by atoms with E-state index in [0.29, 0.717) is 24.0 Å². The molecule has 21 heavy (non-hydrogen) atoms. The van der Waals surface area contributed by atoms with Crippen LogP contribution in [-0.4, -0.2) is 18.2 Å². The van der Waals surface area contributed by atoms with Crippen LogP contribution in [0, 0.1) is 25.5 Å². The molecule has 1 aromatic heterocycles. The second kappa shape index (κ2) is 5.44. The van der Waals surface area contributed by atoms with Crippen molar-refractivity contribution < 1.29 is 17.2 Å². The summed E-state index contributed by atoms with van der Waals surface area (Å²) >= 11 is 0. The number of nitrogens with one attached hydrogen (secondary N) is 1. The molecule has 0 amide bonds. The van der Waals surface area contributed by atoms with E-state index < -0.39 is 21.7 Å². The first-order chi connectivity index (χ1) is 9.76. The van der Waals surface area contributed by atoms with E-state index in [1.165, 1.54) is 0 Å². The number of sulfonamides is 1. The van der Waals surface area contributed by atoms with Gasteiger partial charge < -0.3 is 0 Å². The molecule has 5 nitrogen and oxygen atoms in total. The number of aryl methyl sites for hydroxylation is 2. The lowest BCUT2D eigenvalue weighted by Gasteiger charge is -2.09. The summed E-state index contributed by atoms with van der Waals surface area (Å²) in [5.41, 5.74) is 0.480. The molecule has 0 aliphatic rings. The zero-order valence-electron chi connectivity index (χ0n) is 11.8. The molecule has 8 heteroatoms. The van der Waals surface area contributed by atoms with E-state index >= 15 is 0 Å². The Kier molecular flexibility index (Phi) is 3.99. The van der Waals surface area contributed by atoms with Crippen LogP contribution in [0.2, 0.25) is 0 Å². The molecule has 114 valence electrons. The summed E-state index contributed by atoms with van der Waals surface area (Å²) < 4.78 is 54.9. The number of halogens is 2. The van der Waals surface area contributed by atoms with Crippen LogP contribution in [0.1, 0.15) is 18.3 Å². The highest BCUT2D eigenvalue weighted by molar-refractivity contribution is 7.92. The van der Waals surface area contributed by atoms with Crippen LogP contribution in [-0.2, 0) is 16.6 Å². The van der Waals surface area contributed by atoms with Crippen molar-refractivity contribution in [3.8, 4) is 0 Å². The molecular formula is C13H15F2N3O2S. The maximum Gasteiger partial charge on any atom is 0.265 e. The summed E-state index contributed by atoms with van der Waals surface area (Å²) in [6, 6.07) is 2.64. The largest absolute Gasteiger partial charge is 0.277 e. The summed E-state index contributed by atoms with van der Waals surface area (Å²) in [4.78, 5) is 0.00748. The Morgan fingerprint density at radius 3 is 2.48 bits per heavy atom. The molecule has 1 aromatic carbocycles. The van der Waals surface area contributed by atoms with Crippen molar-refractivity contribution in [3.05, 3.63) is 41.2 Å². The van der Waals surface area contributed by atoms with Crippen molar-refractivity contribution in [3.63, 3.8) is 0 Å². The molecule has 0 saturated heterocycles. The molecule has 0 aliphatic carbocycles. The van der Waals surface area contributed by atoms with Gasteiger partial charge in [0, 0.05) is 12.6 Å². The van der Waals surface area contributed by atoms with Gasteiger partial charge in [0.1, 0.15) is 16.5 Å². The summed E-state index contributed by atoms with van der Waals surface area (Å²) in [5, 5.41) is 4.12. The summed E-state index contributed by atoms with van der Waals surface area (Å²) in [6.07, 6.45) is 0. The number of benzene rings is 1. The molecule has 1 heterocycles. The first-order valence-electron chi connectivity index (χ1n) is 6.28. The van der Waals surface area contributed by atoms with Crippen LogP contribution in [0.5, 0.6) is 0 Å². The predicted octanol–water partition coefficient (Wildman–Crippen LogP) is 2.60. The van der Waals surface area contributed by atoms with Crippen LogP contribution >= 0.6 is 0 Å². The summed E-state index contributed by atoms with van der Waals surface area (Å²) in [7, 11) is -4.00. The van der Waals surface area contributed by atoms with E-state index in [2.05, 4.69) is 9.82 Å². The van der Waals surface area contributed by atoms with Crippen LogP contribution < -0.4 is 4.72 Å². The first kappa shape index (κ1) is 15.4. The van der Waals surface area contributed by atoms with Gasteiger partial charge >= 0.3 is 0 Å². The maximum atomic E-state index is 13.6. The third kappa shape index (κ3) is 2.90. The van der Waals surface area contributed by atoms with Crippen LogP contribution in [0.4, 0.5) is 14.5 Å². The van der Waals surface area contributed by atoms with Crippen molar-refractivity contribution in [2.75, 3.05) is 4.72 Å². The minimum absolute atomic E-state index is 0.00748. The monoisotopic (exact) mass is 315 g/mol. The average molecular weight is 315 g/mol. The van der Waals surface area contributed by atoms with Crippen LogP contribution in [0.15, 0.2) is 23.1 Å². The molecule has 1 N–H and O–H groups in total. The SMILES string of the molecule is CCn1nc(C)c(S(=O)(=O)Nc2ccc(F)cc2F)c1C. The van der Waals surface area contributed by atoms with Gasteiger partial charge in [-0.15, -0.1) is 0 Å². The lowest BCUT2D eigenvalue weighted by molar-refractivity contribution is 0.582. The van der Waals surface area contributed by atoms with Gasteiger partial charge in [0.15, 0.2) is 0 Å². The molecule has 0 spiro atoms. The number of hydrogen-bond donors (Lipinski definition) is 1. The minimum Gasteiger partial charge on any atom is -0.277 e. The fourth-order valence-corrected chi connectivity index (χ4v) is 3.63. The highest BCUT2D eigenvalue weighted by atomic mass is 32.2. The second-order valence-electron chi connectivity index (χ2n) is 4.55. The van der Waals surface area contributed by atoms with Crippen molar-refractivity contribution in [1.82, 2.24) is 9.78 Å². The van der Waals surface area contributed by atoms with E-state index in [4.69, 9.17) is 0 Å². The molecule has 2 rings (SSSR count). The average Bonchev–Trinajstić information content (AvgIpc) is 2.68. The Morgan fingerprint density at radius 1 is 1.29 bits per heavy atom. The molecule has 0 fully saturated rings. The van der Waals surface area contributed by atoms with Gasteiger partial charge in [0.2, 0.25) is 0 Å². The van der Waals surface area contributed by atoms with E-state index in [1.807, 2.05) is 6.92 Å². The molecule has 0 bridgehead atoms. The Bertz CT molecular complexity index is 785. The van der Waals surface area contributed by atoms with Gasteiger partial charge in [-0.3, -0.25) is 9.40 Å². The van der Waals surface area contributed by atoms with Gasteiger partial charge in [0.05, 0.1) is 17.1 Å². The molecule has 0 atom stereocenters. The summed E-state index contributed by atoms with van der Waals surface area (Å²) in [5.74, 6) is -1.75. The van der Waals surface area contributed by atoms with E-state index in [1.54, 1.807) is 18.5 Å². The molecule has 0 radical (unpaired) electrons. The van der Waals surface area contributed by atoms with Crippen molar-refractivity contribution in [2.24, 2.45) is 0 Å². The molecule has 0 unspecified atom stereocenters. The van der Waals surface area contributed by atoms with Gasteiger partial charge in [0.25, 0.3) is 10.0 Å². The zero-order chi connectivity index (χ0) is 15.8. The lowest BCUT2D eigenvalue weighted by atomic mass is 10.3. The van der Waals surface area contributed by atoms with E-state index in [9.17, 15) is 17.2 Å². The van der Waals surface area contributed by atoms with Gasteiger partial charge in [-0.05, 0) is 32.9 Å². The topological polar surface area (TPSA) is 64.0 Å². The fraction of sp³-hybridized carbons (Fsp3) is 0.308. The summed E-state index contributed by atoms with van der Waals surface area (Å²) in [6.45, 7) is 5.55. The van der Waals surface area contributed by atoms with Crippen molar-refractivity contribution in [1.29, 1.82) is 0 Å². The molecular weight excluding hydrogens is 300 g/mol. The minimum atomic E-state index is -4.00. The van der Waals surface area contributed by atoms with Gasteiger partial charge in [-0.25, -0.2) is 17.2 Å². The third-order valence-corrected chi connectivity index (χ3v) is 4.68. The van der Waals surface area contributed by atoms with Gasteiger partial charge in [-0.1, -0.05) is 0 Å². The number of hydrogen-bond acceptors (Lipinski definition) is 3. The number of rotatable bonds is 4. The first-order valence-corrected chi connectivity index (χ1v) is 7.76. The maximum absolute atomic E-state index is 13.6. The smallest absolute Gasteiger partial charge is 0.265 e. The normalized spacial score (nSPS) is 11.7. The second-order valence-corrected chi connectivity index (χ2v) is 6.16. The Hall–Kier alpha value is -1.96. The molecule has 0 aliphatic heterocycles. The highest BCUT2D eigenvalue weighted by Crippen LogP contribution is 2.24. The van der Waals surface area contributed by atoms with Crippen molar-refractivity contribution >= 4 is 15.7 Å². The Balaban J connectivity index is 2.46. The Morgan fingerprint density at radius 2 is 1.95 bits per heavy atom. The van der Waals surface area contributed by atoms with Crippen LogP contribution in [0.25, 0.3) is 0 Å². The van der Waals surface area contributed by atoms with Gasteiger partial charge in [-0.2, -0.15) is 5.10 Å². The van der Waals surface area contributed by atoms with Crippen molar-refractivity contribution in [2.45, 2.75) is 32.2 Å². The number of aromatic nitrogens is 2. The standard InChI is InChI=1S/C13H15F2N3O2S/c1-4-18-9(3)13(8(2)16-18)21(19,20)17-12-6-5-10(14)7-11(12)15/h5-7,17H,4H2,1-3H3. The lowest BCUT2D eigenvalue weighted by Crippen LogP contribution is -2.16. The van der Waals surface area contributed by atoms with E-state index in [-0.39, 0.29) is 10.6 Å². The molecule has 2 aromatic rings. The highest BCUT2D eigenvalue weighted by Gasteiger charge is 2.25. The predicted molar refractivity (Wildman–Crippen MR) is 74.5 cm³/mol. The fourth-order valence-electron chi connectivity index (χ4n) is 2.15. The van der Waals surface area contributed by atoms with E-state index in [0.717, 1.165) is 12.1 Å². The quantitative estimate of drug-likeness (QED) is 0.943. The Labute approximate surface area is 121 Å². The van der Waals surface area contributed by atoms with Crippen LogP contribution in [0.3, 0.4) is 0 Å². The third-order valence-electron chi connectivity index (χ3n) is 3.06.